The predicted molar refractivity (Wildman–Crippen MR) is 217 cm³/mol. The Balaban J connectivity index is 1.26. The van der Waals surface area contributed by atoms with Crippen LogP contribution in [0.2, 0.25) is 0 Å². The van der Waals surface area contributed by atoms with Crippen LogP contribution >= 0.6 is 0 Å². The molecule has 0 fully saturated rings. The van der Waals surface area contributed by atoms with E-state index in [0.717, 1.165) is 86.9 Å². The van der Waals surface area contributed by atoms with Gasteiger partial charge in [-0.1, -0.05) is 140 Å². The van der Waals surface area contributed by atoms with Crippen LogP contribution in [0, 0.1) is 0 Å². The zero-order valence-corrected chi connectivity index (χ0v) is 27.3. The van der Waals surface area contributed by atoms with Gasteiger partial charge in [0.2, 0.25) is 0 Å². The summed E-state index contributed by atoms with van der Waals surface area (Å²) in [7, 11) is 0. The quantitative estimate of drug-likeness (QED) is 0.174. The molecule has 1 heteroatoms. The second-order valence-corrected chi connectivity index (χ2v) is 13.7. The second kappa shape index (κ2) is 9.94. The number of furan rings is 1. The van der Waals surface area contributed by atoms with Crippen molar-refractivity contribution < 1.29 is 8.53 Å². The number of benzene rings is 11. The SMILES string of the molecule is [2H]c1c(-c2ccc3ccc4cccc5ccc2c3c45)c([2H])c(-c2cccc3oc4ccccc4c23)c([2H])c1-c1ccc2ccc3cccc4ccc1c2c34. The van der Waals surface area contributed by atoms with E-state index in [1.807, 2.05) is 42.5 Å². The maximum absolute atomic E-state index is 10.1. The zero-order valence-electron chi connectivity index (χ0n) is 30.3. The molecule has 0 atom stereocenters. The predicted octanol–water partition coefficient (Wildman–Crippen LogP) is 14.4. The number of hydrogen-bond donors (Lipinski definition) is 0. The van der Waals surface area contributed by atoms with Gasteiger partial charge in [0, 0.05) is 10.8 Å². The molecule has 0 aliphatic rings. The molecule has 1 nitrogen and oxygen atoms in total. The number of hydrogen-bond acceptors (Lipinski definition) is 1. The van der Waals surface area contributed by atoms with Crippen molar-refractivity contribution in [2.75, 3.05) is 0 Å². The fourth-order valence-corrected chi connectivity index (χ4v) is 8.76. The smallest absolute Gasteiger partial charge is 0.136 e. The minimum absolute atomic E-state index is 0.166. The van der Waals surface area contributed by atoms with Crippen LogP contribution in [0.15, 0.2) is 174 Å². The van der Waals surface area contributed by atoms with E-state index in [1.165, 1.54) is 10.8 Å². The standard InChI is InChI=1S/C50H28O/c1-2-12-44-43(10-1)50-40(11-5-13-45(50)51-44)37-27-35(38-22-18-33-16-14-29-6-3-8-31-20-24-41(38)48(33)46(29)31)26-36(28-37)39-23-19-34-17-15-30-7-4-9-32-21-25-42(39)49(34)47(30)32/h1-28H/i26D,27D,28D. The summed E-state index contributed by atoms with van der Waals surface area (Å²) in [4.78, 5) is 0. The molecule has 11 aromatic carbocycles. The lowest BCUT2D eigenvalue weighted by molar-refractivity contribution is 0.669. The summed E-state index contributed by atoms with van der Waals surface area (Å²) >= 11 is 0. The van der Waals surface area contributed by atoms with Crippen molar-refractivity contribution in [2.24, 2.45) is 0 Å². The Morgan fingerprint density at radius 3 is 1.29 bits per heavy atom. The first-order chi connectivity index (χ1) is 26.5. The van der Waals surface area contributed by atoms with Gasteiger partial charge in [-0.25, -0.2) is 0 Å². The highest BCUT2D eigenvalue weighted by molar-refractivity contribution is 6.27. The topological polar surface area (TPSA) is 13.1 Å². The van der Waals surface area contributed by atoms with Crippen molar-refractivity contribution in [2.45, 2.75) is 0 Å². The molecule has 1 heterocycles. The van der Waals surface area contributed by atoms with Crippen molar-refractivity contribution in [1.82, 2.24) is 0 Å². The fourth-order valence-electron chi connectivity index (χ4n) is 8.76. The Hall–Kier alpha value is -6.70. The Bertz CT molecular complexity index is 3330. The highest BCUT2D eigenvalue weighted by atomic mass is 16.3. The Morgan fingerprint density at radius 1 is 0.294 bits per heavy atom. The van der Waals surface area contributed by atoms with E-state index in [1.54, 1.807) is 0 Å². The highest BCUT2D eigenvalue weighted by Gasteiger charge is 2.19. The van der Waals surface area contributed by atoms with Crippen LogP contribution in [0.1, 0.15) is 4.11 Å². The molecule has 51 heavy (non-hydrogen) atoms. The van der Waals surface area contributed by atoms with Crippen LogP contribution in [0.4, 0.5) is 0 Å². The largest absolute Gasteiger partial charge is 0.456 e. The van der Waals surface area contributed by atoms with Gasteiger partial charge >= 0.3 is 0 Å². The van der Waals surface area contributed by atoms with Gasteiger partial charge in [0.15, 0.2) is 0 Å². The Morgan fingerprint density at radius 2 is 0.725 bits per heavy atom. The van der Waals surface area contributed by atoms with E-state index >= 15 is 0 Å². The lowest BCUT2D eigenvalue weighted by Crippen LogP contribution is -1.91. The summed E-state index contributed by atoms with van der Waals surface area (Å²) in [6, 6.07) is 52.8. The van der Waals surface area contributed by atoms with Gasteiger partial charge < -0.3 is 4.42 Å². The molecule has 0 aliphatic heterocycles. The van der Waals surface area contributed by atoms with Crippen molar-refractivity contribution in [3.8, 4) is 33.4 Å². The lowest BCUT2D eigenvalue weighted by atomic mass is 9.85. The van der Waals surface area contributed by atoms with Gasteiger partial charge in [-0.3, -0.25) is 0 Å². The molecule has 0 saturated heterocycles. The van der Waals surface area contributed by atoms with E-state index in [-0.39, 0.29) is 18.1 Å². The molecule has 0 spiro atoms. The summed E-state index contributed by atoms with van der Waals surface area (Å²) in [6.07, 6.45) is 0. The van der Waals surface area contributed by atoms with Crippen molar-refractivity contribution in [3.05, 3.63) is 170 Å². The van der Waals surface area contributed by atoms with Crippen LogP contribution in [0.25, 0.3) is 120 Å². The second-order valence-electron chi connectivity index (χ2n) is 13.7. The Labute approximate surface area is 297 Å². The maximum atomic E-state index is 10.1. The minimum Gasteiger partial charge on any atom is -0.456 e. The van der Waals surface area contributed by atoms with Crippen LogP contribution in [0.5, 0.6) is 0 Å². The molecule has 12 aromatic rings. The van der Waals surface area contributed by atoms with Crippen molar-refractivity contribution in [1.29, 1.82) is 0 Å². The van der Waals surface area contributed by atoms with Gasteiger partial charge in [-0.15, -0.1) is 0 Å². The van der Waals surface area contributed by atoms with Gasteiger partial charge in [-0.05, 0) is 128 Å². The summed E-state index contributed by atoms with van der Waals surface area (Å²) in [5.74, 6) is 0. The van der Waals surface area contributed by atoms with E-state index in [9.17, 15) is 4.11 Å². The molecular weight excluding hydrogens is 617 g/mol. The third-order valence-corrected chi connectivity index (χ3v) is 11.0. The minimum atomic E-state index is 0.166. The average Bonchev–Trinajstić information content (AvgIpc) is 3.59. The lowest BCUT2D eigenvalue weighted by Gasteiger charge is -2.18. The molecule has 12 rings (SSSR count). The molecule has 1 aromatic heterocycles. The summed E-state index contributed by atoms with van der Waals surface area (Å²) < 4.78 is 36.7. The molecule has 0 amide bonds. The van der Waals surface area contributed by atoms with Gasteiger partial charge in [-0.2, -0.15) is 0 Å². The monoisotopic (exact) mass is 647 g/mol. The molecule has 0 unspecified atom stereocenters. The fraction of sp³-hybridized carbons (Fsp3) is 0. The Kier molecular flexibility index (Phi) is 4.76. The van der Waals surface area contributed by atoms with Crippen LogP contribution in [-0.2, 0) is 0 Å². The number of para-hydroxylation sites is 1. The van der Waals surface area contributed by atoms with E-state index in [0.29, 0.717) is 22.3 Å². The maximum Gasteiger partial charge on any atom is 0.136 e. The summed E-state index contributed by atoms with van der Waals surface area (Å²) in [5, 5.41) is 15.3. The molecule has 0 N–H and O–H groups in total. The molecular formula is C50H28O. The number of fused-ring (bicyclic) bond motifs is 3. The first kappa shape index (κ1) is 24.4. The van der Waals surface area contributed by atoms with Gasteiger partial charge in [0.25, 0.3) is 0 Å². The number of rotatable bonds is 3. The molecule has 0 bridgehead atoms. The molecule has 0 aliphatic carbocycles. The molecule has 0 saturated carbocycles. The normalized spacial score (nSPS) is 13.1. The third-order valence-electron chi connectivity index (χ3n) is 11.0. The zero-order chi connectivity index (χ0) is 35.8. The summed E-state index contributed by atoms with van der Waals surface area (Å²) in [5.41, 5.74) is 5.38. The van der Waals surface area contributed by atoms with Crippen LogP contribution < -0.4 is 0 Å². The van der Waals surface area contributed by atoms with Crippen LogP contribution in [-0.4, -0.2) is 0 Å². The van der Waals surface area contributed by atoms with E-state index < -0.39 is 0 Å². The molecule has 234 valence electrons. The van der Waals surface area contributed by atoms with Crippen molar-refractivity contribution >= 4 is 86.6 Å². The van der Waals surface area contributed by atoms with E-state index in [2.05, 4.69) is 109 Å². The van der Waals surface area contributed by atoms with Gasteiger partial charge in [0.05, 0.1) is 4.11 Å². The highest BCUT2D eigenvalue weighted by Crippen LogP contribution is 2.45. The first-order valence-corrected chi connectivity index (χ1v) is 17.4. The molecule has 0 radical (unpaired) electrons. The summed E-state index contributed by atoms with van der Waals surface area (Å²) in [6.45, 7) is 0. The van der Waals surface area contributed by atoms with E-state index in [4.69, 9.17) is 4.42 Å². The van der Waals surface area contributed by atoms with Gasteiger partial charge in [0.1, 0.15) is 11.2 Å². The average molecular weight is 648 g/mol. The third kappa shape index (κ3) is 3.75. The first-order valence-electron chi connectivity index (χ1n) is 18.9. The van der Waals surface area contributed by atoms with Crippen molar-refractivity contribution in [3.63, 3.8) is 0 Å². The van der Waals surface area contributed by atoms with Crippen LogP contribution in [0.3, 0.4) is 0 Å².